The van der Waals surface area contributed by atoms with Gasteiger partial charge in [-0.1, -0.05) is 29.8 Å². The number of fused-ring (bicyclic) bond motifs is 1. The zero-order valence-electron chi connectivity index (χ0n) is 13.2. The van der Waals surface area contributed by atoms with Crippen LogP contribution in [0.15, 0.2) is 48.7 Å². The number of hydrogen-bond donors (Lipinski definition) is 1. The molecule has 0 spiro atoms. The minimum atomic E-state index is 0.206. The molecule has 0 amide bonds. The molecule has 0 fully saturated rings. The summed E-state index contributed by atoms with van der Waals surface area (Å²) in [6.07, 6.45) is 1.81. The van der Waals surface area contributed by atoms with E-state index in [9.17, 15) is 0 Å². The summed E-state index contributed by atoms with van der Waals surface area (Å²) < 4.78 is 1.92. The van der Waals surface area contributed by atoms with Gasteiger partial charge in [-0.05, 0) is 29.8 Å². The van der Waals surface area contributed by atoms with E-state index in [0.717, 1.165) is 34.5 Å². The Morgan fingerprint density at radius 2 is 2.04 bits per heavy atom. The lowest BCUT2D eigenvalue weighted by molar-refractivity contribution is 0.773. The van der Waals surface area contributed by atoms with Gasteiger partial charge in [-0.2, -0.15) is 5.10 Å². The van der Waals surface area contributed by atoms with Crippen LogP contribution < -0.4 is 5.32 Å². The van der Waals surface area contributed by atoms with Crippen LogP contribution in [0.1, 0.15) is 16.4 Å². The molecule has 0 aliphatic carbocycles. The summed E-state index contributed by atoms with van der Waals surface area (Å²) in [6, 6.07) is 14.0. The van der Waals surface area contributed by atoms with Crippen molar-refractivity contribution in [3.63, 3.8) is 0 Å². The van der Waals surface area contributed by atoms with Crippen molar-refractivity contribution in [3.8, 4) is 11.4 Å². The maximum atomic E-state index is 6.07. The zero-order valence-corrected chi connectivity index (χ0v) is 14.8. The monoisotopic (exact) mass is 356 g/mol. The summed E-state index contributed by atoms with van der Waals surface area (Å²) in [5, 5.41) is 9.23. The minimum Gasteiger partial charge on any atom is -0.369 e. The smallest absolute Gasteiger partial charge is 0.129 e. The lowest BCUT2D eigenvalue weighted by Crippen LogP contribution is -2.06. The Morgan fingerprint density at radius 1 is 1.21 bits per heavy atom. The fourth-order valence-electron chi connectivity index (χ4n) is 3.02. The number of pyridine rings is 1. The number of aryl methyl sites for hydroxylation is 1. The number of nitrogens with zero attached hydrogens (tertiary/aromatic N) is 3. The van der Waals surface area contributed by atoms with Crippen LogP contribution >= 0.6 is 23.4 Å². The Labute approximate surface area is 150 Å². The average molecular weight is 357 g/mol. The molecule has 0 bridgehead atoms. The molecule has 1 N–H and O–H groups in total. The summed E-state index contributed by atoms with van der Waals surface area (Å²) in [6.45, 7) is 0.920. The number of rotatable bonds is 2. The molecule has 3 aromatic rings. The Hall–Kier alpha value is -1.98. The van der Waals surface area contributed by atoms with Crippen LogP contribution in [0.3, 0.4) is 0 Å². The number of hydrogen-bond acceptors (Lipinski definition) is 4. The van der Waals surface area contributed by atoms with Crippen molar-refractivity contribution in [2.45, 2.75) is 5.25 Å². The first kappa shape index (κ1) is 15.5. The largest absolute Gasteiger partial charge is 0.369 e. The van der Waals surface area contributed by atoms with Crippen LogP contribution in [0, 0.1) is 0 Å². The SMILES string of the molecule is Cn1nc(-c2ccccn2)c2c1NCCSC2c1ccc(Cl)cc1. The first-order chi connectivity index (χ1) is 11.7. The third-order valence-electron chi connectivity index (χ3n) is 4.11. The molecule has 4 nitrogen and oxygen atoms in total. The number of nitrogens with one attached hydrogen (secondary N) is 1. The molecular formula is C18H17ClN4S. The van der Waals surface area contributed by atoms with E-state index >= 15 is 0 Å². The third kappa shape index (κ3) is 2.78. The van der Waals surface area contributed by atoms with Gasteiger partial charge < -0.3 is 5.32 Å². The topological polar surface area (TPSA) is 42.7 Å². The van der Waals surface area contributed by atoms with Crippen LogP contribution in [0.25, 0.3) is 11.4 Å². The highest BCUT2D eigenvalue weighted by atomic mass is 35.5. The average Bonchev–Trinajstić information content (AvgIpc) is 2.80. The van der Waals surface area contributed by atoms with E-state index in [0.29, 0.717) is 0 Å². The van der Waals surface area contributed by atoms with Gasteiger partial charge in [-0.25, -0.2) is 0 Å². The van der Waals surface area contributed by atoms with Gasteiger partial charge in [0.05, 0.1) is 10.9 Å². The van der Waals surface area contributed by atoms with Crippen molar-refractivity contribution < 1.29 is 0 Å². The van der Waals surface area contributed by atoms with Crippen molar-refractivity contribution in [1.29, 1.82) is 0 Å². The molecule has 1 atom stereocenters. The number of benzene rings is 1. The quantitative estimate of drug-likeness (QED) is 0.739. The molecule has 122 valence electrons. The van der Waals surface area contributed by atoms with Crippen molar-refractivity contribution in [2.24, 2.45) is 7.05 Å². The number of aromatic nitrogens is 3. The molecule has 24 heavy (non-hydrogen) atoms. The normalized spacial score (nSPS) is 17.0. The second-order valence-electron chi connectivity index (χ2n) is 5.68. The van der Waals surface area contributed by atoms with Crippen molar-refractivity contribution >= 4 is 29.2 Å². The first-order valence-electron chi connectivity index (χ1n) is 7.83. The van der Waals surface area contributed by atoms with Gasteiger partial charge in [0.2, 0.25) is 0 Å². The Balaban J connectivity index is 1.89. The van der Waals surface area contributed by atoms with E-state index in [2.05, 4.69) is 22.4 Å². The van der Waals surface area contributed by atoms with E-state index in [-0.39, 0.29) is 5.25 Å². The van der Waals surface area contributed by atoms with E-state index < -0.39 is 0 Å². The molecule has 1 aliphatic heterocycles. The second kappa shape index (κ2) is 6.49. The van der Waals surface area contributed by atoms with Crippen LogP contribution in [0.4, 0.5) is 5.82 Å². The zero-order chi connectivity index (χ0) is 16.5. The Kier molecular flexibility index (Phi) is 4.21. The highest BCUT2D eigenvalue weighted by Gasteiger charge is 2.29. The van der Waals surface area contributed by atoms with Gasteiger partial charge in [0.15, 0.2) is 0 Å². The predicted molar refractivity (Wildman–Crippen MR) is 101 cm³/mol. The maximum absolute atomic E-state index is 6.07. The molecule has 4 rings (SSSR count). The van der Waals surface area contributed by atoms with Gasteiger partial charge in [0.1, 0.15) is 11.5 Å². The van der Waals surface area contributed by atoms with Crippen LogP contribution in [0.2, 0.25) is 5.02 Å². The number of thioether (sulfide) groups is 1. The lowest BCUT2D eigenvalue weighted by Gasteiger charge is -2.16. The van der Waals surface area contributed by atoms with E-state index in [1.165, 1.54) is 11.1 Å². The predicted octanol–water partition coefficient (Wildman–Crippen LogP) is 4.38. The molecule has 2 aromatic heterocycles. The number of anilines is 1. The summed E-state index contributed by atoms with van der Waals surface area (Å²) in [5.41, 5.74) is 4.27. The molecular weight excluding hydrogens is 340 g/mol. The van der Waals surface area contributed by atoms with Crippen molar-refractivity contribution in [3.05, 3.63) is 64.8 Å². The molecule has 1 unspecified atom stereocenters. The first-order valence-corrected chi connectivity index (χ1v) is 9.26. The van der Waals surface area contributed by atoms with E-state index in [1.54, 1.807) is 0 Å². The highest BCUT2D eigenvalue weighted by molar-refractivity contribution is 7.99. The Bertz CT molecular complexity index is 845. The van der Waals surface area contributed by atoms with E-state index in [4.69, 9.17) is 16.7 Å². The maximum Gasteiger partial charge on any atom is 0.129 e. The molecule has 6 heteroatoms. The highest BCUT2D eigenvalue weighted by Crippen LogP contribution is 2.45. The molecule has 1 aromatic carbocycles. The molecule has 3 heterocycles. The molecule has 0 saturated heterocycles. The third-order valence-corrected chi connectivity index (χ3v) is 5.64. The van der Waals surface area contributed by atoms with Crippen LogP contribution in [-0.4, -0.2) is 27.1 Å². The number of halogens is 1. The van der Waals surface area contributed by atoms with Gasteiger partial charge in [0.25, 0.3) is 0 Å². The van der Waals surface area contributed by atoms with Gasteiger partial charge >= 0.3 is 0 Å². The standard InChI is InChI=1S/C18H17ClN4S/c1-23-18-15(16(22-23)14-4-2-3-9-20-14)17(24-11-10-21-18)12-5-7-13(19)8-6-12/h2-9,17,21H,10-11H2,1H3. The van der Waals surface area contributed by atoms with Gasteiger partial charge in [0, 0.05) is 36.1 Å². The minimum absolute atomic E-state index is 0.206. The van der Waals surface area contributed by atoms with Crippen molar-refractivity contribution in [1.82, 2.24) is 14.8 Å². The summed E-state index contributed by atoms with van der Waals surface area (Å²) in [5.74, 6) is 2.10. The molecule has 0 saturated carbocycles. The molecule has 1 aliphatic rings. The summed E-state index contributed by atoms with van der Waals surface area (Å²) >= 11 is 7.99. The van der Waals surface area contributed by atoms with Gasteiger partial charge in [-0.3, -0.25) is 9.67 Å². The second-order valence-corrected chi connectivity index (χ2v) is 7.33. The summed E-state index contributed by atoms with van der Waals surface area (Å²) in [7, 11) is 1.98. The fourth-order valence-corrected chi connectivity index (χ4v) is 4.34. The lowest BCUT2D eigenvalue weighted by atomic mass is 10.0. The summed E-state index contributed by atoms with van der Waals surface area (Å²) in [4.78, 5) is 4.51. The fraction of sp³-hybridized carbons (Fsp3) is 0.222. The van der Waals surface area contributed by atoms with Crippen LogP contribution in [-0.2, 0) is 7.05 Å². The molecule has 0 radical (unpaired) electrons. The Morgan fingerprint density at radius 3 is 2.79 bits per heavy atom. The van der Waals surface area contributed by atoms with Crippen LogP contribution in [0.5, 0.6) is 0 Å². The van der Waals surface area contributed by atoms with Gasteiger partial charge in [-0.15, -0.1) is 11.8 Å². The van der Waals surface area contributed by atoms with Crippen molar-refractivity contribution in [2.75, 3.05) is 17.6 Å². The van der Waals surface area contributed by atoms with E-state index in [1.807, 2.05) is 60.0 Å².